The second-order valence-corrected chi connectivity index (χ2v) is 11.9. The normalized spacial score (nSPS) is 14.2. The van der Waals surface area contributed by atoms with Gasteiger partial charge in [0.1, 0.15) is 26.1 Å². The number of benzene rings is 2. The van der Waals surface area contributed by atoms with Crippen molar-refractivity contribution in [1.82, 2.24) is 15.1 Å². The summed E-state index contributed by atoms with van der Waals surface area (Å²) in [6, 6.07) is 8.97. The molecular formula is C27H22K2N6O10S2. The number of aromatic amines is 1. The Morgan fingerprint density at radius 3 is 1.79 bits per heavy atom. The molecule has 20 heteroatoms. The molecule has 3 N–H and O–H groups in total. The molecule has 1 aliphatic heterocycles. The number of hydrogen-bond acceptors (Lipinski definition) is 11. The number of aromatic nitrogens is 2. The van der Waals surface area contributed by atoms with Crippen molar-refractivity contribution in [3.63, 3.8) is 0 Å². The zero-order chi connectivity index (χ0) is 33.1. The van der Waals surface area contributed by atoms with Crippen LogP contribution in [0.25, 0.3) is 11.8 Å². The fourth-order valence-corrected chi connectivity index (χ4v) is 4.88. The third-order valence-corrected chi connectivity index (χ3v) is 7.60. The number of amidine groups is 1. The quantitative estimate of drug-likeness (QED) is 0.0861. The molecule has 234 valence electrons. The van der Waals surface area contributed by atoms with Crippen LogP contribution in [0.4, 0.5) is 11.5 Å². The minimum atomic E-state index is -4.71. The van der Waals surface area contributed by atoms with Gasteiger partial charge in [-0.2, -0.15) is 5.01 Å². The first-order valence-electron chi connectivity index (χ1n) is 12.6. The summed E-state index contributed by atoms with van der Waals surface area (Å²) < 4.78 is 68.3. The van der Waals surface area contributed by atoms with E-state index in [1.54, 1.807) is 0 Å². The van der Waals surface area contributed by atoms with Crippen LogP contribution in [-0.4, -0.2) is 59.3 Å². The van der Waals surface area contributed by atoms with Crippen LogP contribution in [0.15, 0.2) is 98.1 Å². The van der Waals surface area contributed by atoms with Gasteiger partial charge >= 0.3 is 103 Å². The number of H-pyrrole nitrogens is 1. The number of rotatable bonds is 8. The number of amides is 3. The van der Waals surface area contributed by atoms with E-state index in [-0.39, 0.29) is 137 Å². The molecule has 0 aliphatic carbocycles. The van der Waals surface area contributed by atoms with Gasteiger partial charge in [-0.1, -0.05) is 18.2 Å². The van der Waals surface area contributed by atoms with Gasteiger partial charge in [-0.3, -0.25) is 24.3 Å². The first-order valence-corrected chi connectivity index (χ1v) is 15.4. The SMILES string of the molecule is CC(=O)NC1=NN(c2ccc(S(=O)(=O)[O-])cc2)C(=O)C1=CC=CC=Cc1c(NC(C)=O)[nH]n(-c2ccc(S(=O)(=O)[O-])cc2)c1=O.[K+].[K+]. The van der Waals surface area contributed by atoms with Crippen LogP contribution in [-0.2, 0) is 34.6 Å². The van der Waals surface area contributed by atoms with E-state index in [4.69, 9.17) is 0 Å². The minimum Gasteiger partial charge on any atom is -0.744 e. The number of allylic oxidation sites excluding steroid dienone is 4. The molecule has 2 aromatic carbocycles. The molecule has 0 atom stereocenters. The molecule has 47 heavy (non-hydrogen) atoms. The molecule has 0 bridgehead atoms. The summed E-state index contributed by atoms with van der Waals surface area (Å²) in [5.74, 6) is -1.77. The fourth-order valence-electron chi connectivity index (χ4n) is 3.94. The molecule has 0 unspecified atom stereocenters. The Labute approximate surface area is 353 Å². The Bertz CT molecular complexity index is 2100. The van der Waals surface area contributed by atoms with Gasteiger partial charge in [0.25, 0.3) is 11.5 Å². The van der Waals surface area contributed by atoms with Crippen molar-refractivity contribution in [3.8, 4) is 5.69 Å². The summed E-state index contributed by atoms with van der Waals surface area (Å²) in [5, 5.41) is 12.6. The molecule has 16 nitrogen and oxygen atoms in total. The van der Waals surface area contributed by atoms with E-state index in [0.29, 0.717) is 0 Å². The number of hydrazone groups is 1. The number of anilines is 2. The van der Waals surface area contributed by atoms with Crippen molar-refractivity contribution in [3.05, 3.63) is 94.3 Å². The van der Waals surface area contributed by atoms with E-state index in [0.717, 1.165) is 34.0 Å². The van der Waals surface area contributed by atoms with Crippen molar-refractivity contribution >= 4 is 61.4 Å². The molecular weight excluding hydrogens is 711 g/mol. The summed E-state index contributed by atoms with van der Waals surface area (Å²) in [6.45, 7) is 2.43. The maximum atomic E-state index is 13.1. The van der Waals surface area contributed by atoms with Gasteiger partial charge in [0.15, 0.2) is 5.84 Å². The number of carbonyl (C=O) groups is 3. The monoisotopic (exact) mass is 732 g/mol. The Balaban J connectivity index is 0.00000384. The van der Waals surface area contributed by atoms with Gasteiger partial charge in [0.2, 0.25) is 11.8 Å². The molecule has 0 fully saturated rings. The van der Waals surface area contributed by atoms with Gasteiger partial charge in [0, 0.05) is 13.8 Å². The summed E-state index contributed by atoms with van der Waals surface area (Å²) in [6.07, 6.45) is 6.93. The van der Waals surface area contributed by atoms with Crippen LogP contribution in [0.2, 0.25) is 0 Å². The standard InChI is InChI=1S/C27H24N6O10S2.2K/c1-16(34)28-24-22(26(36)32(30-24)18-8-12-20(13-9-18)44(38,39)40)6-4-3-5-7-23-25(29-17(2)35)31-33(27(23)37)19-10-14-21(15-11-19)45(41,42)43;;/h3-15,30H,1-2H3,(H,28,34)(H,29,31,35)(H,38,39,40)(H,41,42,43);;/q;2*+1/p-2. The number of carbonyl (C=O) groups excluding carboxylic acids is 3. The zero-order valence-electron chi connectivity index (χ0n) is 25.2. The van der Waals surface area contributed by atoms with Crippen molar-refractivity contribution in [1.29, 1.82) is 0 Å². The molecule has 0 radical (unpaired) electrons. The van der Waals surface area contributed by atoms with Crippen LogP contribution in [0, 0.1) is 0 Å². The zero-order valence-corrected chi connectivity index (χ0v) is 33.1. The van der Waals surface area contributed by atoms with Crippen molar-refractivity contribution < 1.29 is 143 Å². The van der Waals surface area contributed by atoms with E-state index < -0.39 is 53.3 Å². The van der Waals surface area contributed by atoms with Gasteiger partial charge in [-0.15, -0.1) is 5.10 Å². The summed E-state index contributed by atoms with van der Waals surface area (Å²) >= 11 is 0. The van der Waals surface area contributed by atoms with Crippen molar-refractivity contribution in [2.75, 3.05) is 10.3 Å². The molecule has 1 aromatic heterocycles. The molecule has 0 spiro atoms. The summed E-state index contributed by atoms with van der Waals surface area (Å²) in [4.78, 5) is 48.6. The van der Waals surface area contributed by atoms with E-state index >= 15 is 0 Å². The predicted octanol–water partition coefficient (Wildman–Crippen LogP) is -5.07. The van der Waals surface area contributed by atoms with Crippen LogP contribution in [0.5, 0.6) is 0 Å². The van der Waals surface area contributed by atoms with Crippen molar-refractivity contribution in [2.45, 2.75) is 23.6 Å². The maximum absolute atomic E-state index is 13.1. The third-order valence-electron chi connectivity index (χ3n) is 5.90. The van der Waals surface area contributed by atoms with Crippen LogP contribution < -0.4 is 124 Å². The van der Waals surface area contributed by atoms with Gasteiger partial charge < -0.3 is 19.7 Å². The molecule has 0 saturated heterocycles. The summed E-state index contributed by atoms with van der Waals surface area (Å²) in [7, 11) is -9.41. The van der Waals surface area contributed by atoms with Crippen LogP contribution in [0.3, 0.4) is 0 Å². The van der Waals surface area contributed by atoms with Crippen molar-refractivity contribution in [2.24, 2.45) is 5.10 Å². The Morgan fingerprint density at radius 2 is 1.30 bits per heavy atom. The number of nitrogens with zero attached hydrogens (tertiary/aromatic N) is 3. The average Bonchev–Trinajstić information content (AvgIpc) is 3.42. The molecule has 3 aromatic rings. The second kappa shape index (κ2) is 17.0. The van der Waals surface area contributed by atoms with E-state index in [1.807, 2.05) is 0 Å². The smallest absolute Gasteiger partial charge is 0.744 e. The molecule has 2 heterocycles. The first-order chi connectivity index (χ1) is 21.1. The molecule has 3 amide bonds. The Kier molecular flexibility index (Phi) is 14.8. The average molecular weight is 733 g/mol. The second-order valence-electron chi connectivity index (χ2n) is 9.19. The number of nitrogens with one attached hydrogen (secondary N) is 3. The third kappa shape index (κ3) is 10.4. The summed E-state index contributed by atoms with van der Waals surface area (Å²) in [5.41, 5.74) is -0.354. The van der Waals surface area contributed by atoms with Gasteiger partial charge in [-0.25, -0.2) is 21.5 Å². The van der Waals surface area contributed by atoms with Gasteiger partial charge in [-0.05, 0) is 60.7 Å². The number of hydrogen-bond donors (Lipinski definition) is 3. The van der Waals surface area contributed by atoms with Crippen LogP contribution in [0.1, 0.15) is 19.4 Å². The predicted molar refractivity (Wildman–Crippen MR) is 158 cm³/mol. The minimum absolute atomic E-state index is 0. The largest absolute Gasteiger partial charge is 1.00 e. The molecule has 1 aliphatic rings. The topological polar surface area (TPSA) is 243 Å². The molecule has 0 saturated carbocycles. The maximum Gasteiger partial charge on any atom is 1.00 e. The van der Waals surface area contributed by atoms with E-state index in [1.165, 1.54) is 68.5 Å². The van der Waals surface area contributed by atoms with E-state index in [9.17, 15) is 45.1 Å². The first kappa shape index (κ1) is 41.0. The van der Waals surface area contributed by atoms with E-state index in [2.05, 4.69) is 20.8 Å². The van der Waals surface area contributed by atoms with Crippen LogP contribution >= 0.6 is 0 Å². The Morgan fingerprint density at radius 1 is 0.787 bits per heavy atom. The Hall–Kier alpha value is -2.16. The fraction of sp³-hybridized carbons (Fsp3) is 0.0741. The molecule has 4 rings (SSSR count). The van der Waals surface area contributed by atoms with Gasteiger partial charge in [0.05, 0.1) is 32.3 Å².